The summed E-state index contributed by atoms with van der Waals surface area (Å²) in [7, 11) is 0. The highest BCUT2D eigenvalue weighted by Gasteiger charge is 2.18. The molecule has 1 aliphatic heterocycles. The van der Waals surface area contributed by atoms with Crippen molar-refractivity contribution in [3.63, 3.8) is 0 Å². The van der Waals surface area contributed by atoms with Gasteiger partial charge in [0.1, 0.15) is 5.82 Å². The first-order valence-electron chi connectivity index (χ1n) is 10.7. The van der Waals surface area contributed by atoms with E-state index < -0.39 is 4.92 Å². The molecule has 0 saturated carbocycles. The van der Waals surface area contributed by atoms with Gasteiger partial charge in [-0.1, -0.05) is 0 Å². The summed E-state index contributed by atoms with van der Waals surface area (Å²) in [5, 5.41) is 10.9. The van der Waals surface area contributed by atoms with Crippen LogP contribution in [-0.4, -0.2) is 51.9 Å². The monoisotopic (exact) mass is 439 g/mol. The van der Waals surface area contributed by atoms with Gasteiger partial charge in [-0.2, -0.15) is 0 Å². The van der Waals surface area contributed by atoms with E-state index in [2.05, 4.69) is 9.80 Å². The predicted molar refractivity (Wildman–Crippen MR) is 121 cm³/mol. The molecule has 8 nitrogen and oxygen atoms in total. The third kappa shape index (κ3) is 4.72. The molecule has 9 heteroatoms. The Morgan fingerprint density at radius 1 is 0.938 bits per heavy atom. The number of anilines is 1. The van der Waals surface area contributed by atoms with Gasteiger partial charge < -0.3 is 4.90 Å². The number of nitrogens with zero attached hydrogens (tertiary/aromatic N) is 5. The maximum atomic E-state index is 13.1. The van der Waals surface area contributed by atoms with E-state index in [4.69, 9.17) is 0 Å². The number of hydrogen-bond acceptors (Lipinski definition) is 5. The number of non-ortho nitro benzene ring substituents is 1. The highest BCUT2D eigenvalue weighted by molar-refractivity contribution is 5.46. The number of rotatable bonds is 7. The van der Waals surface area contributed by atoms with Crippen molar-refractivity contribution < 1.29 is 9.31 Å². The molecule has 0 atom stereocenters. The Balaban J connectivity index is 1.35. The van der Waals surface area contributed by atoms with Crippen LogP contribution < -0.4 is 10.5 Å². The van der Waals surface area contributed by atoms with Gasteiger partial charge in [0.05, 0.1) is 10.6 Å². The first-order chi connectivity index (χ1) is 15.4. The average Bonchev–Trinajstić information content (AvgIpc) is 3.07. The van der Waals surface area contributed by atoms with E-state index in [1.54, 1.807) is 22.9 Å². The second-order valence-electron chi connectivity index (χ2n) is 7.99. The lowest BCUT2D eigenvalue weighted by Crippen LogP contribution is -2.46. The fourth-order valence-electron chi connectivity index (χ4n) is 4.20. The molecule has 2 aromatic carbocycles. The third-order valence-corrected chi connectivity index (χ3v) is 5.88. The molecule has 0 spiro atoms. The van der Waals surface area contributed by atoms with Gasteiger partial charge in [-0.3, -0.25) is 24.5 Å². The van der Waals surface area contributed by atoms with Crippen LogP contribution in [0.2, 0.25) is 0 Å². The molecule has 0 unspecified atom stereocenters. The largest absolute Gasteiger partial charge is 0.369 e. The quantitative estimate of drug-likeness (QED) is 0.417. The van der Waals surface area contributed by atoms with Crippen molar-refractivity contribution in [3.8, 4) is 5.69 Å². The topological polar surface area (TPSA) is 76.5 Å². The number of nitro groups is 1. The Morgan fingerprint density at radius 2 is 1.56 bits per heavy atom. The summed E-state index contributed by atoms with van der Waals surface area (Å²) >= 11 is 0. The Kier molecular flexibility index (Phi) is 6.36. The van der Waals surface area contributed by atoms with E-state index in [0.29, 0.717) is 6.54 Å². The molecule has 0 radical (unpaired) electrons. The van der Waals surface area contributed by atoms with Crippen molar-refractivity contribution in [3.05, 3.63) is 86.6 Å². The molecule has 0 N–H and O–H groups in total. The van der Waals surface area contributed by atoms with E-state index in [-0.39, 0.29) is 17.1 Å². The number of halogens is 1. The summed E-state index contributed by atoms with van der Waals surface area (Å²) in [5.74, 6) is -0.226. The van der Waals surface area contributed by atoms with Crippen molar-refractivity contribution in [1.82, 2.24) is 14.3 Å². The Hall–Kier alpha value is -3.46. The van der Waals surface area contributed by atoms with Crippen molar-refractivity contribution in [1.29, 1.82) is 0 Å². The van der Waals surface area contributed by atoms with Gasteiger partial charge in [0.15, 0.2) is 0 Å². The standard InChI is InChI=1S/C23H26FN5O3/c1-18-17-23(30)27(28(18)21-7-9-22(10-8-21)29(31)32)12-2-11-25-13-15-26(16-14-25)20-5-3-19(24)4-6-20/h3-10,17H,2,11-16H2,1H3. The van der Waals surface area contributed by atoms with Crippen LogP contribution in [0.4, 0.5) is 15.8 Å². The third-order valence-electron chi connectivity index (χ3n) is 5.88. The lowest BCUT2D eigenvalue weighted by Gasteiger charge is -2.36. The van der Waals surface area contributed by atoms with E-state index in [0.717, 1.165) is 56.2 Å². The van der Waals surface area contributed by atoms with E-state index in [1.807, 2.05) is 23.7 Å². The fourth-order valence-corrected chi connectivity index (χ4v) is 4.20. The summed E-state index contributed by atoms with van der Waals surface area (Å²) < 4.78 is 16.6. The van der Waals surface area contributed by atoms with Crippen LogP contribution >= 0.6 is 0 Å². The maximum Gasteiger partial charge on any atom is 0.269 e. The Labute approximate surface area is 185 Å². The van der Waals surface area contributed by atoms with Crippen LogP contribution in [-0.2, 0) is 6.54 Å². The van der Waals surface area contributed by atoms with E-state index >= 15 is 0 Å². The lowest BCUT2D eigenvalue weighted by molar-refractivity contribution is -0.384. The van der Waals surface area contributed by atoms with Crippen molar-refractivity contribution in [2.24, 2.45) is 0 Å². The minimum atomic E-state index is -0.435. The summed E-state index contributed by atoms with van der Waals surface area (Å²) in [6.45, 7) is 6.86. The highest BCUT2D eigenvalue weighted by Crippen LogP contribution is 2.18. The molecule has 32 heavy (non-hydrogen) atoms. The zero-order chi connectivity index (χ0) is 22.7. The van der Waals surface area contributed by atoms with Crippen LogP contribution in [0.15, 0.2) is 59.4 Å². The molecule has 3 aromatic rings. The molecule has 168 valence electrons. The SMILES string of the molecule is Cc1cc(=O)n(CCCN2CCN(c3ccc(F)cc3)CC2)n1-c1ccc([N+](=O)[O-])cc1. The zero-order valence-electron chi connectivity index (χ0n) is 18.0. The summed E-state index contributed by atoms with van der Waals surface area (Å²) in [6.07, 6.45) is 0.812. The molecule has 0 aliphatic carbocycles. The normalized spacial score (nSPS) is 14.6. The minimum absolute atomic E-state index is 0.0206. The van der Waals surface area contributed by atoms with Crippen molar-refractivity contribution in [2.75, 3.05) is 37.6 Å². The van der Waals surface area contributed by atoms with Crippen LogP contribution in [0, 0.1) is 22.9 Å². The fraction of sp³-hybridized carbons (Fsp3) is 0.348. The van der Waals surface area contributed by atoms with Crippen LogP contribution in [0.5, 0.6) is 0 Å². The molecular weight excluding hydrogens is 413 g/mol. The van der Waals surface area contributed by atoms with Gasteiger partial charge in [0, 0.05) is 68.8 Å². The molecule has 4 rings (SSSR count). The van der Waals surface area contributed by atoms with Gasteiger partial charge in [-0.05, 0) is 49.7 Å². The van der Waals surface area contributed by atoms with Crippen LogP contribution in [0.3, 0.4) is 0 Å². The first-order valence-corrected chi connectivity index (χ1v) is 10.7. The zero-order valence-corrected chi connectivity index (χ0v) is 18.0. The number of piperazine rings is 1. The second kappa shape index (κ2) is 9.35. The molecule has 1 fully saturated rings. The molecule has 0 amide bonds. The smallest absolute Gasteiger partial charge is 0.269 e. The van der Waals surface area contributed by atoms with Gasteiger partial charge >= 0.3 is 0 Å². The molecule has 1 aliphatic rings. The number of benzene rings is 2. The van der Waals surface area contributed by atoms with Crippen LogP contribution in [0.1, 0.15) is 12.1 Å². The van der Waals surface area contributed by atoms with Crippen LogP contribution in [0.25, 0.3) is 5.69 Å². The van der Waals surface area contributed by atoms with E-state index in [1.165, 1.54) is 24.3 Å². The second-order valence-corrected chi connectivity index (χ2v) is 7.99. The Morgan fingerprint density at radius 3 is 2.19 bits per heavy atom. The van der Waals surface area contributed by atoms with Gasteiger partial charge in [0.2, 0.25) is 0 Å². The molecule has 1 saturated heterocycles. The molecule has 1 aromatic heterocycles. The minimum Gasteiger partial charge on any atom is -0.369 e. The number of hydrogen-bond donors (Lipinski definition) is 0. The average molecular weight is 439 g/mol. The number of nitro benzene ring substituents is 1. The Bertz CT molecular complexity index is 1130. The van der Waals surface area contributed by atoms with Gasteiger partial charge in [0.25, 0.3) is 11.2 Å². The van der Waals surface area contributed by atoms with Gasteiger partial charge in [-0.15, -0.1) is 0 Å². The maximum absolute atomic E-state index is 13.1. The molecule has 0 bridgehead atoms. The lowest BCUT2D eigenvalue weighted by atomic mass is 10.2. The molecule has 2 heterocycles. The van der Waals surface area contributed by atoms with Crippen molar-refractivity contribution >= 4 is 11.4 Å². The first kappa shape index (κ1) is 21.8. The highest BCUT2D eigenvalue weighted by atomic mass is 19.1. The number of aryl methyl sites for hydroxylation is 1. The summed E-state index contributed by atoms with van der Waals surface area (Å²) in [5.41, 5.74) is 2.49. The van der Waals surface area contributed by atoms with Gasteiger partial charge in [-0.25, -0.2) is 9.07 Å². The molecular formula is C23H26FN5O3. The summed E-state index contributed by atoms with van der Waals surface area (Å²) in [4.78, 5) is 27.6. The number of aromatic nitrogens is 2. The van der Waals surface area contributed by atoms with Crippen molar-refractivity contribution in [2.45, 2.75) is 19.9 Å². The predicted octanol–water partition coefficient (Wildman–Crippen LogP) is 3.21. The summed E-state index contributed by atoms with van der Waals surface area (Å²) in [6, 6.07) is 14.4. The van der Waals surface area contributed by atoms with E-state index in [9.17, 15) is 19.3 Å².